The molecule has 1 aromatic carbocycles. The summed E-state index contributed by atoms with van der Waals surface area (Å²) in [5, 5.41) is 1.01. The zero-order chi connectivity index (χ0) is 10.8. The van der Waals surface area contributed by atoms with Gasteiger partial charge >= 0.3 is 0 Å². The second-order valence-electron chi connectivity index (χ2n) is 3.29. The molecule has 0 radical (unpaired) electrons. The summed E-state index contributed by atoms with van der Waals surface area (Å²) >= 11 is 0. The molecule has 0 fully saturated rings. The predicted molar refractivity (Wildman–Crippen MR) is 58.7 cm³/mol. The van der Waals surface area contributed by atoms with E-state index in [1.807, 2.05) is 25.1 Å². The first kappa shape index (κ1) is 9.86. The van der Waals surface area contributed by atoms with Crippen molar-refractivity contribution < 1.29 is 4.74 Å². The fourth-order valence-electron chi connectivity index (χ4n) is 1.59. The van der Waals surface area contributed by atoms with E-state index in [4.69, 9.17) is 10.5 Å². The average Bonchev–Trinajstić information content (AvgIpc) is 2.28. The lowest BCUT2D eigenvalue weighted by Crippen LogP contribution is -2.05. The van der Waals surface area contributed by atoms with Crippen molar-refractivity contribution in [1.29, 1.82) is 0 Å². The van der Waals surface area contributed by atoms with Gasteiger partial charge in [-0.15, -0.1) is 0 Å². The van der Waals surface area contributed by atoms with Crippen molar-refractivity contribution in [3.05, 3.63) is 29.7 Å². The van der Waals surface area contributed by atoms with Crippen LogP contribution in [0.5, 0.6) is 5.75 Å². The van der Waals surface area contributed by atoms with E-state index in [0.29, 0.717) is 12.4 Å². The van der Waals surface area contributed by atoms with Crippen LogP contribution in [0.15, 0.2) is 18.2 Å². The lowest BCUT2D eigenvalue weighted by Gasteiger charge is -2.07. The van der Waals surface area contributed by atoms with Gasteiger partial charge in [0.15, 0.2) is 0 Å². The zero-order valence-corrected chi connectivity index (χ0v) is 8.82. The first-order chi connectivity index (χ1) is 7.26. The Morgan fingerprint density at radius 1 is 1.33 bits per heavy atom. The normalized spacial score (nSPS) is 10.6. The second-order valence-corrected chi connectivity index (χ2v) is 3.29. The third-order valence-electron chi connectivity index (χ3n) is 2.33. The Labute approximate surface area is 88.1 Å². The minimum absolute atomic E-state index is 0.342. The fourth-order valence-corrected chi connectivity index (χ4v) is 1.59. The minimum Gasteiger partial charge on any atom is -0.494 e. The predicted octanol–water partition coefficient (Wildman–Crippen LogP) is 1.41. The highest BCUT2D eigenvalue weighted by Gasteiger charge is 2.07. The standard InChI is InChI=1S/C11H13N3O/c1-7-8-4-3-5-9(15-2)11(8)14-10(6-12)13-7/h3-5H,6,12H2,1-2H3. The van der Waals surface area contributed by atoms with Crippen molar-refractivity contribution in [3.63, 3.8) is 0 Å². The number of aryl methyl sites for hydroxylation is 1. The SMILES string of the molecule is COc1cccc2c(C)nc(CN)nc12. The Morgan fingerprint density at radius 3 is 2.80 bits per heavy atom. The molecule has 2 aromatic rings. The third-order valence-corrected chi connectivity index (χ3v) is 2.33. The fraction of sp³-hybridized carbons (Fsp3) is 0.273. The van der Waals surface area contributed by atoms with Gasteiger partial charge in [-0.1, -0.05) is 12.1 Å². The lowest BCUT2D eigenvalue weighted by molar-refractivity contribution is 0.418. The summed E-state index contributed by atoms with van der Waals surface area (Å²) in [6.45, 7) is 2.29. The summed E-state index contributed by atoms with van der Waals surface area (Å²) in [4.78, 5) is 8.67. The summed E-state index contributed by atoms with van der Waals surface area (Å²) in [5.41, 5.74) is 7.29. The Bertz CT molecular complexity index is 496. The summed E-state index contributed by atoms with van der Waals surface area (Å²) in [6, 6.07) is 5.79. The number of aromatic nitrogens is 2. The van der Waals surface area contributed by atoms with Crippen LogP contribution in [-0.2, 0) is 6.54 Å². The van der Waals surface area contributed by atoms with Crippen LogP contribution < -0.4 is 10.5 Å². The van der Waals surface area contributed by atoms with Crippen LogP contribution in [0, 0.1) is 6.92 Å². The first-order valence-electron chi connectivity index (χ1n) is 4.76. The monoisotopic (exact) mass is 203 g/mol. The molecule has 0 spiro atoms. The number of nitrogens with zero attached hydrogens (tertiary/aromatic N) is 2. The van der Waals surface area contributed by atoms with Crippen LogP contribution >= 0.6 is 0 Å². The highest BCUT2D eigenvalue weighted by Crippen LogP contribution is 2.24. The van der Waals surface area contributed by atoms with E-state index in [2.05, 4.69) is 9.97 Å². The Morgan fingerprint density at radius 2 is 2.13 bits per heavy atom. The van der Waals surface area contributed by atoms with Crippen molar-refractivity contribution in [2.24, 2.45) is 5.73 Å². The molecular weight excluding hydrogens is 190 g/mol. The molecule has 15 heavy (non-hydrogen) atoms. The Balaban J connectivity index is 2.79. The van der Waals surface area contributed by atoms with E-state index < -0.39 is 0 Å². The van der Waals surface area contributed by atoms with Crippen molar-refractivity contribution in [3.8, 4) is 5.75 Å². The van der Waals surface area contributed by atoms with Crippen LogP contribution in [0.1, 0.15) is 11.5 Å². The molecule has 2 rings (SSSR count). The summed E-state index contributed by atoms with van der Waals surface area (Å²) in [6.07, 6.45) is 0. The first-order valence-corrected chi connectivity index (χ1v) is 4.76. The Kier molecular flexibility index (Phi) is 2.51. The van der Waals surface area contributed by atoms with Gasteiger partial charge < -0.3 is 10.5 Å². The van der Waals surface area contributed by atoms with E-state index in [1.54, 1.807) is 7.11 Å². The molecule has 4 heteroatoms. The Hall–Kier alpha value is -1.68. The largest absolute Gasteiger partial charge is 0.494 e. The van der Waals surface area contributed by atoms with Crippen LogP contribution in [0.2, 0.25) is 0 Å². The van der Waals surface area contributed by atoms with Gasteiger partial charge in [0, 0.05) is 11.1 Å². The number of para-hydroxylation sites is 1. The highest BCUT2D eigenvalue weighted by atomic mass is 16.5. The molecule has 0 unspecified atom stereocenters. The van der Waals surface area contributed by atoms with Gasteiger partial charge in [-0.2, -0.15) is 0 Å². The van der Waals surface area contributed by atoms with Gasteiger partial charge in [0.25, 0.3) is 0 Å². The average molecular weight is 203 g/mol. The van der Waals surface area contributed by atoms with E-state index in [0.717, 1.165) is 22.3 Å². The molecule has 0 aliphatic rings. The molecule has 0 atom stereocenters. The zero-order valence-electron chi connectivity index (χ0n) is 8.82. The van der Waals surface area contributed by atoms with Crippen molar-refractivity contribution in [1.82, 2.24) is 9.97 Å². The van der Waals surface area contributed by atoms with E-state index in [9.17, 15) is 0 Å². The molecule has 2 N–H and O–H groups in total. The van der Waals surface area contributed by atoms with E-state index in [-0.39, 0.29) is 0 Å². The van der Waals surface area contributed by atoms with Gasteiger partial charge in [0.05, 0.1) is 13.7 Å². The van der Waals surface area contributed by atoms with Gasteiger partial charge in [-0.25, -0.2) is 9.97 Å². The molecule has 0 aliphatic carbocycles. The summed E-state index contributed by atoms with van der Waals surface area (Å²) < 4.78 is 5.25. The van der Waals surface area contributed by atoms with Gasteiger partial charge in [0.2, 0.25) is 0 Å². The number of ether oxygens (including phenoxy) is 1. The topological polar surface area (TPSA) is 61.0 Å². The van der Waals surface area contributed by atoms with Crippen molar-refractivity contribution >= 4 is 10.9 Å². The molecule has 0 saturated heterocycles. The number of hydrogen-bond donors (Lipinski definition) is 1. The van der Waals surface area contributed by atoms with Crippen LogP contribution in [0.4, 0.5) is 0 Å². The third kappa shape index (κ3) is 1.64. The molecule has 0 amide bonds. The number of rotatable bonds is 2. The van der Waals surface area contributed by atoms with E-state index >= 15 is 0 Å². The second kappa shape index (κ2) is 3.82. The van der Waals surface area contributed by atoms with Gasteiger partial charge in [-0.3, -0.25) is 0 Å². The van der Waals surface area contributed by atoms with E-state index in [1.165, 1.54) is 0 Å². The molecule has 1 aromatic heterocycles. The number of methoxy groups -OCH3 is 1. The van der Waals surface area contributed by atoms with Gasteiger partial charge in [0.1, 0.15) is 17.1 Å². The molecule has 0 bridgehead atoms. The molecule has 0 aliphatic heterocycles. The number of nitrogens with two attached hydrogens (primary N) is 1. The molecule has 0 saturated carbocycles. The smallest absolute Gasteiger partial charge is 0.145 e. The molecular formula is C11H13N3O. The van der Waals surface area contributed by atoms with Gasteiger partial charge in [-0.05, 0) is 13.0 Å². The maximum Gasteiger partial charge on any atom is 0.145 e. The highest BCUT2D eigenvalue weighted by molar-refractivity contribution is 5.86. The number of benzene rings is 1. The van der Waals surface area contributed by atoms with Crippen molar-refractivity contribution in [2.45, 2.75) is 13.5 Å². The molecule has 78 valence electrons. The van der Waals surface area contributed by atoms with Crippen LogP contribution in [0.3, 0.4) is 0 Å². The maximum atomic E-state index is 5.54. The van der Waals surface area contributed by atoms with Crippen LogP contribution in [-0.4, -0.2) is 17.1 Å². The quantitative estimate of drug-likeness (QED) is 0.801. The van der Waals surface area contributed by atoms with Crippen molar-refractivity contribution in [2.75, 3.05) is 7.11 Å². The maximum absolute atomic E-state index is 5.54. The lowest BCUT2D eigenvalue weighted by atomic mass is 10.2. The number of fused-ring (bicyclic) bond motifs is 1. The minimum atomic E-state index is 0.342. The number of hydrogen-bond acceptors (Lipinski definition) is 4. The molecule has 1 heterocycles. The summed E-state index contributed by atoms with van der Waals surface area (Å²) in [5.74, 6) is 1.40. The van der Waals surface area contributed by atoms with Crippen LogP contribution in [0.25, 0.3) is 10.9 Å². The molecule has 4 nitrogen and oxygen atoms in total. The summed E-state index contributed by atoms with van der Waals surface area (Å²) in [7, 11) is 1.63.